The van der Waals surface area contributed by atoms with Crippen molar-refractivity contribution in [1.82, 2.24) is 4.90 Å². The van der Waals surface area contributed by atoms with Crippen molar-refractivity contribution in [3.8, 4) is 0 Å². The molecule has 0 saturated carbocycles. The van der Waals surface area contributed by atoms with Crippen molar-refractivity contribution in [3.63, 3.8) is 0 Å². The lowest BCUT2D eigenvalue weighted by molar-refractivity contribution is -0.0481. The Morgan fingerprint density at radius 1 is 0.409 bits per heavy atom. The second kappa shape index (κ2) is 33.7. The van der Waals surface area contributed by atoms with E-state index in [-0.39, 0.29) is 12.2 Å². The Labute approximate surface area is 277 Å². The summed E-state index contributed by atoms with van der Waals surface area (Å²) in [6.45, 7) is 8.41. The number of ether oxygens (including phenoxy) is 2. The van der Waals surface area contributed by atoms with Crippen molar-refractivity contribution in [3.05, 3.63) is 24.3 Å². The van der Waals surface area contributed by atoms with Crippen LogP contribution in [0.5, 0.6) is 0 Å². The number of nitrogens with zero attached hydrogens (tertiary/aromatic N) is 1. The van der Waals surface area contributed by atoms with E-state index in [1.807, 2.05) is 0 Å². The van der Waals surface area contributed by atoms with Gasteiger partial charge in [-0.3, -0.25) is 0 Å². The van der Waals surface area contributed by atoms with Crippen molar-refractivity contribution in [2.24, 2.45) is 0 Å². The molecule has 0 unspecified atom stereocenters. The number of unbranched alkanes of at least 4 members (excludes halogenated alkanes) is 24. The number of hydrogen-bond acceptors (Lipinski definition) is 3. The summed E-state index contributed by atoms with van der Waals surface area (Å²) >= 11 is 0. The maximum absolute atomic E-state index is 6.31. The van der Waals surface area contributed by atoms with Gasteiger partial charge in [0.1, 0.15) is 0 Å². The van der Waals surface area contributed by atoms with Crippen molar-refractivity contribution < 1.29 is 9.47 Å². The standard InChI is InChI=1S/C41H79NO2/c1-4-6-8-10-12-14-16-18-20-22-24-26-28-30-32-34-36-43-40-38-42(3)39-41(40)44-37-35-33-31-29-27-25-23-21-19-17-15-13-11-9-7-5-2/h18-21,40-41H,4-17,22-39H2,1-3H3/b20-18-,21-19-/t40-,41-/m1/s1. The summed E-state index contributed by atoms with van der Waals surface area (Å²) in [7, 11) is 2.20. The van der Waals surface area contributed by atoms with Crippen molar-refractivity contribution >= 4 is 0 Å². The lowest BCUT2D eigenvalue weighted by Crippen LogP contribution is -2.30. The molecule has 44 heavy (non-hydrogen) atoms. The Morgan fingerprint density at radius 2 is 0.682 bits per heavy atom. The van der Waals surface area contributed by atoms with Gasteiger partial charge >= 0.3 is 0 Å². The van der Waals surface area contributed by atoms with Crippen LogP contribution in [0.4, 0.5) is 0 Å². The van der Waals surface area contributed by atoms with Crippen molar-refractivity contribution in [2.75, 3.05) is 33.4 Å². The predicted molar refractivity (Wildman–Crippen MR) is 196 cm³/mol. The third kappa shape index (κ3) is 27.7. The number of likely N-dealkylation sites (tertiary alicyclic amines) is 1. The zero-order valence-electron chi connectivity index (χ0n) is 30.4. The lowest BCUT2D eigenvalue weighted by Gasteiger charge is -2.20. The third-order valence-corrected chi connectivity index (χ3v) is 9.37. The molecule has 0 aromatic rings. The van der Waals surface area contributed by atoms with Crippen LogP contribution in [0.2, 0.25) is 0 Å². The molecule has 1 fully saturated rings. The first-order chi connectivity index (χ1) is 21.8. The Hall–Kier alpha value is -0.640. The Bertz CT molecular complexity index is 566. The van der Waals surface area contributed by atoms with Crippen LogP contribution in [0.1, 0.15) is 194 Å². The molecule has 0 aliphatic carbocycles. The highest BCUT2D eigenvalue weighted by molar-refractivity contribution is 4.85. The van der Waals surface area contributed by atoms with Crippen LogP contribution in [0.15, 0.2) is 24.3 Å². The monoisotopic (exact) mass is 618 g/mol. The van der Waals surface area contributed by atoms with Crippen LogP contribution < -0.4 is 0 Å². The van der Waals surface area contributed by atoms with E-state index < -0.39 is 0 Å². The first-order valence-corrected chi connectivity index (χ1v) is 20.0. The van der Waals surface area contributed by atoms with E-state index in [9.17, 15) is 0 Å². The molecule has 0 spiro atoms. The molecule has 0 radical (unpaired) electrons. The third-order valence-electron chi connectivity index (χ3n) is 9.37. The zero-order valence-corrected chi connectivity index (χ0v) is 30.4. The first kappa shape index (κ1) is 41.4. The zero-order chi connectivity index (χ0) is 31.6. The molecule has 3 nitrogen and oxygen atoms in total. The van der Waals surface area contributed by atoms with E-state index in [1.165, 1.54) is 180 Å². The summed E-state index contributed by atoms with van der Waals surface area (Å²) in [4.78, 5) is 2.37. The van der Waals surface area contributed by atoms with Crippen LogP contribution in [0.25, 0.3) is 0 Å². The fourth-order valence-corrected chi connectivity index (χ4v) is 6.41. The Kier molecular flexibility index (Phi) is 31.7. The van der Waals surface area contributed by atoms with E-state index in [2.05, 4.69) is 50.1 Å². The average Bonchev–Trinajstić information content (AvgIpc) is 3.38. The fourth-order valence-electron chi connectivity index (χ4n) is 6.41. The second-order valence-corrected chi connectivity index (χ2v) is 13.9. The molecule has 1 aliphatic rings. The smallest absolute Gasteiger partial charge is 0.0975 e. The van der Waals surface area contributed by atoms with Crippen LogP contribution in [-0.4, -0.2) is 50.5 Å². The average molecular weight is 618 g/mol. The summed E-state index contributed by atoms with van der Waals surface area (Å²) in [5.41, 5.74) is 0. The summed E-state index contributed by atoms with van der Waals surface area (Å²) in [6, 6.07) is 0. The van der Waals surface area contributed by atoms with Gasteiger partial charge in [-0.25, -0.2) is 0 Å². The first-order valence-electron chi connectivity index (χ1n) is 20.0. The minimum absolute atomic E-state index is 0.261. The van der Waals surface area contributed by atoms with Gasteiger partial charge in [-0.1, -0.05) is 154 Å². The van der Waals surface area contributed by atoms with Gasteiger partial charge in [0, 0.05) is 26.3 Å². The molecule has 260 valence electrons. The molecule has 0 aromatic heterocycles. The maximum Gasteiger partial charge on any atom is 0.0975 e. The second-order valence-electron chi connectivity index (χ2n) is 13.9. The molecule has 1 heterocycles. The summed E-state index contributed by atoms with van der Waals surface area (Å²) in [5.74, 6) is 0. The summed E-state index contributed by atoms with van der Waals surface area (Å²) < 4.78 is 12.6. The van der Waals surface area contributed by atoms with Crippen molar-refractivity contribution in [1.29, 1.82) is 0 Å². The number of hydrogen-bond donors (Lipinski definition) is 0. The van der Waals surface area contributed by atoms with Gasteiger partial charge in [0.25, 0.3) is 0 Å². The van der Waals surface area contributed by atoms with Gasteiger partial charge < -0.3 is 14.4 Å². The van der Waals surface area contributed by atoms with E-state index in [1.54, 1.807) is 0 Å². The van der Waals surface area contributed by atoms with Gasteiger partial charge in [-0.15, -0.1) is 0 Å². The van der Waals surface area contributed by atoms with E-state index in [4.69, 9.17) is 9.47 Å². The largest absolute Gasteiger partial charge is 0.374 e. The maximum atomic E-state index is 6.31. The SMILES string of the molecule is CCCCCCCC/C=C\CCCCCCCCO[C@@H]1CN(C)C[C@H]1OCCCCCCCC/C=C\CCCCCCCC. The van der Waals surface area contributed by atoms with E-state index in [0.29, 0.717) is 0 Å². The van der Waals surface area contributed by atoms with Gasteiger partial charge in [0.15, 0.2) is 0 Å². The molecule has 1 aliphatic heterocycles. The number of allylic oxidation sites excluding steroid dienone is 4. The van der Waals surface area contributed by atoms with Crippen LogP contribution in [0.3, 0.4) is 0 Å². The van der Waals surface area contributed by atoms with E-state index in [0.717, 1.165) is 26.3 Å². The number of rotatable bonds is 34. The molecule has 2 atom stereocenters. The van der Waals surface area contributed by atoms with Crippen LogP contribution in [0, 0.1) is 0 Å². The molecule has 0 aromatic carbocycles. The van der Waals surface area contributed by atoms with Crippen LogP contribution >= 0.6 is 0 Å². The molecule has 0 N–H and O–H groups in total. The van der Waals surface area contributed by atoms with Crippen LogP contribution in [-0.2, 0) is 9.47 Å². The van der Waals surface area contributed by atoms with Gasteiger partial charge in [0.05, 0.1) is 12.2 Å². The lowest BCUT2D eigenvalue weighted by atomic mass is 10.1. The molecule has 0 amide bonds. The molecule has 1 saturated heterocycles. The molecule has 1 rings (SSSR count). The molecule has 3 heteroatoms. The number of likely N-dealkylation sites (N-methyl/N-ethyl adjacent to an activating group) is 1. The van der Waals surface area contributed by atoms with Gasteiger partial charge in [0.2, 0.25) is 0 Å². The predicted octanol–water partition coefficient (Wildman–Crippen LogP) is 12.8. The molecular formula is C41H79NO2. The highest BCUT2D eigenvalue weighted by Gasteiger charge is 2.32. The van der Waals surface area contributed by atoms with Gasteiger partial charge in [-0.05, 0) is 71.3 Å². The fraction of sp³-hybridized carbons (Fsp3) is 0.902. The topological polar surface area (TPSA) is 21.7 Å². The normalized spacial score (nSPS) is 17.6. The summed E-state index contributed by atoms with van der Waals surface area (Å²) in [5, 5.41) is 0. The highest BCUT2D eigenvalue weighted by atomic mass is 16.5. The minimum Gasteiger partial charge on any atom is -0.374 e. The summed E-state index contributed by atoms with van der Waals surface area (Å²) in [6.07, 6.45) is 48.1. The Balaban J connectivity index is 1.87. The minimum atomic E-state index is 0.261. The van der Waals surface area contributed by atoms with Crippen molar-refractivity contribution in [2.45, 2.75) is 206 Å². The molecular weight excluding hydrogens is 538 g/mol. The quantitative estimate of drug-likeness (QED) is 0.0529. The highest BCUT2D eigenvalue weighted by Crippen LogP contribution is 2.18. The molecule has 0 bridgehead atoms. The van der Waals surface area contributed by atoms with E-state index >= 15 is 0 Å². The van der Waals surface area contributed by atoms with Gasteiger partial charge in [-0.2, -0.15) is 0 Å². The Morgan fingerprint density at radius 3 is 1.00 bits per heavy atom.